The van der Waals surface area contributed by atoms with Crippen molar-refractivity contribution in [2.45, 2.75) is 26.3 Å². The molecule has 0 bridgehead atoms. The monoisotopic (exact) mass is 354 g/mol. The molecule has 26 heavy (non-hydrogen) atoms. The number of piperidine rings is 1. The molecule has 2 N–H and O–H groups in total. The molecule has 0 aliphatic carbocycles. The van der Waals surface area contributed by atoms with Gasteiger partial charge in [0.15, 0.2) is 5.78 Å². The van der Waals surface area contributed by atoms with Crippen LogP contribution in [-0.2, 0) is 6.54 Å². The number of carbonyl (C=O) groups is 1. The Hall–Kier alpha value is -2.17. The molecular formula is C22H30N2O2. The van der Waals surface area contributed by atoms with E-state index in [2.05, 4.69) is 11.8 Å². The van der Waals surface area contributed by atoms with Crippen LogP contribution in [0.4, 0.5) is 0 Å². The normalized spacial score (nSPS) is 15.0. The highest BCUT2D eigenvalue weighted by atomic mass is 16.5. The summed E-state index contributed by atoms with van der Waals surface area (Å²) in [4.78, 5) is 14.7. The number of methoxy groups -OCH3 is 1. The van der Waals surface area contributed by atoms with Gasteiger partial charge in [0.1, 0.15) is 5.75 Å². The first-order valence-electron chi connectivity index (χ1n) is 9.32. The second-order valence-electron chi connectivity index (χ2n) is 6.49. The van der Waals surface area contributed by atoms with Crippen molar-refractivity contribution in [3.8, 4) is 5.75 Å². The summed E-state index contributed by atoms with van der Waals surface area (Å²) in [6.45, 7) is 5.99. The fourth-order valence-electron chi connectivity index (χ4n) is 3.12. The highest BCUT2D eigenvalue weighted by molar-refractivity contribution is 5.98. The lowest BCUT2D eigenvalue weighted by Gasteiger charge is -2.30. The highest BCUT2D eigenvalue weighted by Crippen LogP contribution is 2.22. The minimum atomic E-state index is 0.196. The Kier molecular flexibility index (Phi) is 8.32. The van der Waals surface area contributed by atoms with Crippen molar-refractivity contribution < 1.29 is 9.53 Å². The van der Waals surface area contributed by atoms with Gasteiger partial charge >= 0.3 is 0 Å². The molecule has 0 spiro atoms. The summed E-state index contributed by atoms with van der Waals surface area (Å²) >= 11 is 0. The first-order valence-corrected chi connectivity index (χ1v) is 9.32. The van der Waals surface area contributed by atoms with Crippen LogP contribution in [0.25, 0.3) is 0 Å². The summed E-state index contributed by atoms with van der Waals surface area (Å²) in [5, 5.41) is 0. The quantitative estimate of drug-likeness (QED) is 0.831. The number of nitrogens with zero attached hydrogens (tertiary/aromatic N) is 1. The molecule has 1 fully saturated rings. The van der Waals surface area contributed by atoms with E-state index in [4.69, 9.17) is 10.5 Å². The number of nitrogens with two attached hydrogens (primary N) is 1. The first-order chi connectivity index (χ1) is 12.7. The van der Waals surface area contributed by atoms with Gasteiger partial charge in [0.2, 0.25) is 0 Å². The number of hydrogen-bond donors (Lipinski definition) is 1. The number of ketones is 1. The molecule has 1 saturated heterocycles. The second kappa shape index (κ2) is 10.7. The average molecular weight is 354 g/mol. The number of rotatable bonds is 5. The summed E-state index contributed by atoms with van der Waals surface area (Å²) in [6.07, 6.45) is 1.97. The molecule has 1 aliphatic heterocycles. The number of benzene rings is 2. The van der Waals surface area contributed by atoms with Crippen LogP contribution in [0.3, 0.4) is 0 Å². The Morgan fingerprint density at radius 2 is 1.69 bits per heavy atom. The first kappa shape index (κ1) is 20.1. The molecular weight excluding hydrogens is 324 g/mol. The predicted molar refractivity (Wildman–Crippen MR) is 106 cm³/mol. The van der Waals surface area contributed by atoms with Crippen molar-refractivity contribution in [1.29, 1.82) is 0 Å². The van der Waals surface area contributed by atoms with Gasteiger partial charge < -0.3 is 15.4 Å². The molecule has 2 aromatic carbocycles. The Bertz CT molecular complexity index is 648. The van der Waals surface area contributed by atoms with Gasteiger partial charge in [-0.15, -0.1) is 0 Å². The van der Waals surface area contributed by atoms with E-state index in [1.807, 2.05) is 54.6 Å². The fraction of sp³-hybridized carbons (Fsp3) is 0.409. The van der Waals surface area contributed by atoms with Crippen LogP contribution in [0.5, 0.6) is 5.75 Å². The van der Waals surface area contributed by atoms with Gasteiger partial charge in [0.25, 0.3) is 0 Å². The molecule has 0 radical (unpaired) electrons. The van der Waals surface area contributed by atoms with Crippen molar-refractivity contribution in [3.63, 3.8) is 0 Å². The molecule has 0 saturated carbocycles. The molecule has 2 aromatic rings. The van der Waals surface area contributed by atoms with Crippen LogP contribution < -0.4 is 10.5 Å². The van der Waals surface area contributed by atoms with Gasteiger partial charge in [-0.05, 0) is 62.3 Å². The van der Waals surface area contributed by atoms with E-state index >= 15 is 0 Å². The number of carbonyl (C=O) groups excluding carboxylic acids is 1. The molecule has 0 unspecified atom stereocenters. The summed E-state index contributed by atoms with van der Waals surface area (Å²) in [7, 11) is 1.64. The van der Waals surface area contributed by atoms with E-state index in [0.717, 1.165) is 43.8 Å². The Morgan fingerprint density at radius 1 is 1.08 bits per heavy atom. The van der Waals surface area contributed by atoms with Crippen LogP contribution in [0.15, 0.2) is 54.6 Å². The largest absolute Gasteiger partial charge is 0.497 e. The Labute approximate surface area is 157 Å². The lowest BCUT2D eigenvalue weighted by Crippen LogP contribution is -2.36. The number of likely N-dealkylation sites (tertiary alicyclic amines) is 1. The SMILES string of the molecule is CCN1CCC(C(=O)c2ccc(OC)cc2)CC1.NCc1ccccc1. The van der Waals surface area contributed by atoms with Crippen LogP contribution in [0, 0.1) is 5.92 Å². The van der Waals surface area contributed by atoms with E-state index < -0.39 is 0 Å². The maximum atomic E-state index is 12.3. The van der Waals surface area contributed by atoms with Crippen LogP contribution in [-0.4, -0.2) is 37.4 Å². The zero-order valence-corrected chi connectivity index (χ0v) is 15.9. The summed E-state index contributed by atoms with van der Waals surface area (Å²) < 4.78 is 5.11. The molecule has 4 heteroatoms. The highest BCUT2D eigenvalue weighted by Gasteiger charge is 2.24. The Balaban J connectivity index is 0.000000254. The van der Waals surface area contributed by atoms with Gasteiger partial charge in [-0.25, -0.2) is 0 Å². The third-order valence-electron chi connectivity index (χ3n) is 4.86. The maximum Gasteiger partial charge on any atom is 0.166 e. The fourth-order valence-corrected chi connectivity index (χ4v) is 3.12. The molecule has 1 heterocycles. The molecule has 0 aromatic heterocycles. The van der Waals surface area contributed by atoms with Gasteiger partial charge in [0.05, 0.1) is 7.11 Å². The van der Waals surface area contributed by atoms with Crippen LogP contribution in [0.1, 0.15) is 35.7 Å². The van der Waals surface area contributed by atoms with Gasteiger partial charge in [-0.2, -0.15) is 0 Å². The number of Topliss-reactive ketones (excluding diaryl/α,β-unsaturated/α-hetero) is 1. The van der Waals surface area contributed by atoms with Crippen molar-refractivity contribution in [1.82, 2.24) is 4.90 Å². The molecule has 140 valence electrons. The minimum Gasteiger partial charge on any atom is -0.497 e. The van der Waals surface area contributed by atoms with Crippen molar-refractivity contribution in [2.24, 2.45) is 11.7 Å². The van der Waals surface area contributed by atoms with Crippen molar-refractivity contribution >= 4 is 5.78 Å². The zero-order chi connectivity index (χ0) is 18.8. The molecule has 3 rings (SSSR count). The topological polar surface area (TPSA) is 55.6 Å². The van der Waals surface area contributed by atoms with Crippen LogP contribution in [0.2, 0.25) is 0 Å². The van der Waals surface area contributed by atoms with E-state index in [1.54, 1.807) is 7.11 Å². The number of hydrogen-bond acceptors (Lipinski definition) is 4. The van der Waals surface area contributed by atoms with Crippen molar-refractivity contribution in [2.75, 3.05) is 26.7 Å². The smallest absolute Gasteiger partial charge is 0.166 e. The maximum absolute atomic E-state index is 12.3. The average Bonchev–Trinajstić information content (AvgIpc) is 2.74. The Morgan fingerprint density at radius 3 is 2.15 bits per heavy atom. The van der Waals surface area contributed by atoms with E-state index in [1.165, 1.54) is 5.56 Å². The van der Waals surface area contributed by atoms with Crippen molar-refractivity contribution in [3.05, 3.63) is 65.7 Å². The van der Waals surface area contributed by atoms with Crippen LogP contribution >= 0.6 is 0 Å². The summed E-state index contributed by atoms with van der Waals surface area (Å²) in [5.74, 6) is 1.28. The molecule has 4 nitrogen and oxygen atoms in total. The van der Waals surface area contributed by atoms with E-state index in [-0.39, 0.29) is 11.7 Å². The zero-order valence-electron chi connectivity index (χ0n) is 15.9. The van der Waals surface area contributed by atoms with E-state index in [9.17, 15) is 4.79 Å². The minimum absolute atomic E-state index is 0.196. The predicted octanol–water partition coefficient (Wildman–Crippen LogP) is 3.76. The van der Waals surface area contributed by atoms with Gasteiger partial charge in [0, 0.05) is 18.0 Å². The third kappa shape index (κ3) is 5.97. The van der Waals surface area contributed by atoms with Gasteiger partial charge in [-0.3, -0.25) is 4.79 Å². The molecule has 1 aliphatic rings. The number of ether oxygens (including phenoxy) is 1. The third-order valence-corrected chi connectivity index (χ3v) is 4.86. The van der Waals surface area contributed by atoms with Gasteiger partial charge in [-0.1, -0.05) is 37.3 Å². The van der Waals surface area contributed by atoms with E-state index in [0.29, 0.717) is 6.54 Å². The summed E-state index contributed by atoms with van der Waals surface area (Å²) in [6, 6.07) is 17.4. The lowest BCUT2D eigenvalue weighted by molar-refractivity contribution is 0.0844. The standard InChI is InChI=1S/C15H21NO2.C7H9N/c1-3-16-10-8-13(9-11-16)15(17)12-4-6-14(18-2)7-5-12;8-6-7-4-2-1-3-5-7/h4-7,13H,3,8-11H2,1-2H3;1-5H,6,8H2. The molecule has 0 atom stereocenters. The summed E-state index contributed by atoms with van der Waals surface area (Å²) in [5.41, 5.74) is 7.35. The lowest BCUT2D eigenvalue weighted by atomic mass is 9.89. The molecule has 0 amide bonds. The second-order valence-corrected chi connectivity index (χ2v) is 6.49.